The van der Waals surface area contributed by atoms with Gasteiger partial charge in [0.05, 0.1) is 18.5 Å². The Labute approximate surface area is 92.2 Å². The topological polar surface area (TPSA) is 95.5 Å². The fourth-order valence-electron chi connectivity index (χ4n) is 1.38. The van der Waals surface area contributed by atoms with Gasteiger partial charge in [-0.3, -0.25) is 14.9 Å². The third kappa shape index (κ3) is 2.47. The van der Waals surface area contributed by atoms with Gasteiger partial charge in [-0.15, -0.1) is 0 Å². The van der Waals surface area contributed by atoms with Crippen molar-refractivity contribution < 1.29 is 14.5 Å². The van der Waals surface area contributed by atoms with E-state index in [0.29, 0.717) is 11.1 Å². The molecule has 6 heteroatoms. The van der Waals surface area contributed by atoms with E-state index in [1.165, 1.54) is 13.2 Å². The van der Waals surface area contributed by atoms with Gasteiger partial charge < -0.3 is 10.5 Å². The second-order valence-corrected chi connectivity index (χ2v) is 3.33. The Hall–Kier alpha value is -2.11. The highest BCUT2D eigenvalue weighted by atomic mass is 16.6. The minimum atomic E-state index is -0.521. The maximum Gasteiger partial charge on any atom is 0.309 e. The number of hydrogen-bond donors (Lipinski definition) is 1. The Morgan fingerprint density at radius 1 is 1.56 bits per heavy atom. The van der Waals surface area contributed by atoms with Crippen LogP contribution in [0.1, 0.15) is 11.1 Å². The molecule has 0 saturated carbocycles. The summed E-state index contributed by atoms with van der Waals surface area (Å²) >= 11 is 0. The maximum atomic E-state index is 11.1. The number of methoxy groups -OCH3 is 1. The largest absolute Gasteiger partial charge is 0.469 e. The number of anilines is 1. The summed E-state index contributed by atoms with van der Waals surface area (Å²) in [6, 6.07) is 2.81. The molecule has 1 aromatic carbocycles. The Bertz CT molecular complexity index is 443. The second kappa shape index (κ2) is 4.61. The van der Waals surface area contributed by atoms with Gasteiger partial charge in [0.2, 0.25) is 0 Å². The number of esters is 1. The van der Waals surface area contributed by atoms with Gasteiger partial charge in [-0.05, 0) is 18.6 Å². The van der Waals surface area contributed by atoms with E-state index >= 15 is 0 Å². The number of nitrogens with two attached hydrogens (primary N) is 1. The molecule has 0 saturated heterocycles. The van der Waals surface area contributed by atoms with Gasteiger partial charge in [-0.2, -0.15) is 0 Å². The molecule has 0 aliphatic rings. The standard InChI is InChI=1S/C10H12N2O4/c1-6-7(4-10(13)16-2)3-8(11)5-9(6)12(14)15/h3,5H,4,11H2,1-2H3. The van der Waals surface area contributed by atoms with E-state index in [4.69, 9.17) is 5.73 Å². The summed E-state index contributed by atoms with van der Waals surface area (Å²) in [5, 5.41) is 10.7. The van der Waals surface area contributed by atoms with E-state index in [1.54, 1.807) is 13.0 Å². The van der Waals surface area contributed by atoms with Crippen LogP contribution in [0.3, 0.4) is 0 Å². The maximum absolute atomic E-state index is 11.1. The van der Waals surface area contributed by atoms with Crippen molar-refractivity contribution in [2.24, 2.45) is 0 Å². The molecule has 1 rings (SSSR count). The molecule has 2 N–H and O–H groups in total. The van der Waals surface area contributed by atoms with E-state index in [0.717, 1.165) is 0 Å². The second-order valence-electron chi connectivity index (χ2n) is 3.33. The van der Waals surface area contributed by atoms with Gasteiger partial charge in [0.1, 0.15) is 0 Å². The molecule has 0 radical (unpaired) electrons. The Balaban J connectivity index is 3.19. The summed E-state index contributed by atoms with van der Waals surface area (Å²) in [6.07, 6.45) is -0.0196. The van der Waals surface area contributed by atoms with Gasteiger partial charge in [0, 0.05) is 17.3 Å². The molecule has 0 aliphatic heterocycles. The van der Waals surface area contributed by atoms with Crippen molar-refractivity contribution in [1.29, 1.82) is 0 Å². The van der Waals surface area contributed by atoms with Crippen molar-refractivity contribution in [2.75, 3.05) is 12.8 Å². The van der Waals surface area contributed by atoms with Crippen molar-refractivity contribution in [3.8, 4) is 0 Å². The molecule has 86 valence electrons. The SMILES string of the molecule is COC(=O)Cc1cc(N)cc([N+](=O)[O-])c1C. The number of carbonyl (C=O) groups excluding carboxylic acids is 1. The summed E-state index contributed by atoms with van der Waals surface area (Å²) < 4.78 is 4.50. The third-order valence-corrected chi connectivity index (χ3v) is 2.27. The molecule has 0 bridgehead atoms. The summed E-state index contributed by atoms with van der Waals surface area (Å²) in [6.45, 7) is 1.58. The number of nitro groups is 1. The zero-order chi connectivity index (χ0) is 12.3. The molecule has 0 fully saturated rings. The van der Waals surface area contributed by atoms with Crippen LogP contribution >= 0.6 is 0 Å². The third-order valence-electron chi connectivity index (χ3n) is 2.27. The van der Waals surface area contributed by atoms with Gasteiger partial charge in [-0.25, -0.2) is 0 Å². The lowest BCUT2D eigenvalue weighted by atomic mass is 10.0. The van der Waals surface area contributed by atoms with Crippen LogP contribution < -0.4 is 5.73 Å². The first-order valence-corrected chi connectivity index (χ1v) is 4.56. The number of rotatable bonds is 3. The normalized spacial score (nSPS) is 9.88. The van der Waals surface area contributed by atoms with E-state index in [2.05, 4.69) is 4.74 Å². The molecule has 0 amide bonds. The summed E-state index contributed by atoms with van der Waals surface area (Å²) in [5.74, 6) is -0.456. The highest BCUT2D eigenvalue weighted by Crippen LogP contribution is 2.25. The molecule has 6 nitrogen and oxygen atoms in total. The number of nitrogen functional groups attached to an aromatic ring is 1. The molecule has 0 unspecified atom stereocenters. The van der Waals surface area contributed by atoms with Crippen molar-refractivity contribution in [1.82, 2.24) is 0 Å². The number of carbonyl (C=O) groups is 1. The number of nitro benzene ring substituents is 1. The van der Waals surface area contributed by atoms with Crippen LogP contribution in [0.4, 0.5) is 11.4 Å². The zero-order valence-electron chi connectivity index (χ0n) is 9.02. The van der Waals surface area contributed by atoms with Crippen LogP contribution in [0.15, 0.2) is 12.1 Å². The number of ether oxygens (including phenoxy) is 1. The average molecular weight is 224 g/mol. The lowest BCUT2D eigenvalue weighted by Gasteiger charge is -2.06. The number of nitrogens with zero attached hydrogens (tertiary/aromatic N) is 1. The average Bonchev–Trinajstić information content (AvgIpc) is 2.22. The summed E-state index contributed by atoms with van der Waals surface area (Å²) in [5.41, 5.74) is 6.65. The molecule has 16 heavy (non-hydrogen) atoms. The quantitative estimate of drug-likeness (QED) is 0.360. The van der Waals surface area contributed by atoms with E-state index in [-0.39, 0.29) is 17.8 Å². The van der Waals surface area contributed by atoms with E-state index < -0.39 is 10.9 Å². The molecule has 0 spiro atoms. The molecule has 0 aliphatic carbocycles. The van der Waals surface area contributed by atoms with Gasteiger partial charge in [-0.1, -0.05) is 0 Å². The fourth-order valence-corrected chi connectivity index (χ4v) is 1.38. The lowest BCUT2D eigenvalue weighted by Crippen LogP contribution is -2.07. The molecule has 0 aromatic heterocycles. The summed E-state index contributed by atoms with van der Waals surface area (Å²) in [4.78, 5) is 21.3. The minimum absolute atomic E-state index is 0.0196. The fraction of sp³-hybridized carbons (Fsp3) is 0.300. The Morgan fingerprint density at radius 3 is 2.69 bits per heavy atom. The Morgan fingerprint density at radius 2 is 2.19 bits per heavy atom. The molecule has 0 atom stereocenters. The number of hydrogen-bond acceptors (Lipinski definition) is 5. The van der Waals surface area contributed by atoms with Gasteiger partial charge in [0.15, 0.2) is 0 Å². The predicted molar refractivity (Wildman–Crippen MR) is 58.0 cm³/mol. The number of benzene rings is 1. The van der Waals surface area contributed by atoms with E-state index in [9.17, 15) is 14.9 Å². The van der Waals surface area contributed by atoms with Crippen LogP contribution in [0.25, 0.3) is 0 Å². The minimum Gasteiger partial charge on any atom is -0.469 e. The Kier molecular flexibility index (Phi) is 3.44. The molecular formula is C10H12N2O4. The molecule has 1 aromatic rings. The van der Waals surface area contributed by atoms with Crippen LogP contribution in [0.5, 0.6) is 0 Å². The van der Waals surface area contributed by atoms with Crippen molar-refractivity contribution >= 4 is 17.3 Å². The first-order chi connectivity index (χ1) is 7.45. The van der Waals surface area contributed by atoms with Crippen LogP contribution in [-0.4, -0.2) is 18.0 Å². The van der Waals surface area contributed by atoms with Crippen LogP contribution in [0, 0.1) is 17.0 Å². The van der Waals surface area contributed by atoms with Crippen LogP contribution in [-0.2, 0) is 16.0 Å². The highest BCUT2D eigenvalue weighted by Gasteiger charge is 2.17. The van der Waals surface area contributed by atoms with Crippen LogP contribution in [0.2, 0.25) is 0 Å². The first-order valence-electron chi connectivity index (χ1n) is 4.56. The molecular weight excluding hydrogens is 212 g/mol. The van der Waals surface area contributed by atoms with Crippen molar-refractivity contribution in [2.45, 2.75) is 13.3 Å². The smallest absolute Gasteiger partial charge is 0.309 e. The highest BCUT2D eigenvalue weighted by molar-refractivity contribution is 5.74. The lowest BCUT2D eigenvalue weighted by molar-refractivity contribution is -0.385. The van der Waals surface area contributed by atoms with E-state index in [1.807, 2.05) is 0 Å². The van der Waals surface area contributed by atoms with Crippen molar-refractivity contribution in [3.63, 3.8) is 0 Å². The molecule has 0 heterocycles. The monoisotopic (exact) mass is 224 g/mol. The van der Waals surface area contributed by atoms with Gasteiger partial charge in [0.25, 0.3) is 5.69 Å². The zero-order valence-corrected chi connectivity index (χ0v) is 9.02. The first kappa shape index (κ1) is 12.0. The summed E-state index contributed by atoms with van der Waals surface area (Å²) in [7, 11) is 1.26. The van der Waals surface area contributed by atoms with Crippen molar-refractivity contribution in [3.05, 3.63) is 33.4 Å². The van der Waals surface area contributed by atoms with Gasteiger partial charge >= 0.3 is 5.97 Å². The predicted octanol–water partition coefficient (Wildman–Crippen LogP) is 1.20.